The fourth-order valence-corrected chi connectivity index (χ4v) is 3.45. The van der Waals surface area contributed by atoms with Gasteiger partial charge in [0.2, 0.25) is 0 Å². The number of methoxy groups -OCH3 is 1. The molecule has 0 saturated carbocycles. The van der Waals surface area contributed by atoms with Gasteiger partial charge >= 0.3 is 0 Å². The maximum atomic E-state index is 5.69. The molecule has 2 heterocycles. The lowest BCUT2D eigenvalue weighted by Gasteiger charge is -2.27. The Morgan fingerprint density at radius 1 is 1.26 bits per heavy atom. The van der Waals surface area contributed by atoms with Crippen molar-refractivity contribution in [2.75, 3.05) is 51.8 Å². The fraction of sp³-hybridized carbons (Fsp3) is 0.450. The highest BCUT2D eigenvalue weighted by atomic mass is 32.1. The first-order valence-electron chi connectivity index (χ1n) is 9.38. The van der Waals surface area contributed by atoms with Gasteiger partial charge in [0.05, 0.1) is 39.7 Å². The Bertz CT molecular complexity index is 702. The third-order valence-electron chi connectivity index (χ3n) is 4.69. The number of thiocarbonyl (C=S) groups is 1. The molecule has 1 aliphatic heterocycles. The van der Waals surface area contributed by atoms with Crippen molar-refractivity contribution < 1.29 is 18.8 Å². The molecule has 1 saturated heterocycles. The van der Waals surface area contributed by atoms with Crippen LogP contribution in [0.3, 0.4) is 0 Å². The number of quaternary nitrogens is 1. The molecule has 27 heavy (non-hydrogen) atoms. The van der Waals surface area contributed by atoms with E-state index in [-0.39, 0.29) is 0 Å². The second-order valence-corrected chi connectivity index (χ2v) is 7.02. The molecule has 6 nitrogen and oxygen atoms in total. The van der Waals surface area contributed by atoms with Crippen LogP contribution in [-0.2, 0) is 11.3 Å². The topological polar surface area (TPSA) is 51.3 Å². The summed E-state index contributed by atoms with van der Waals surface area (Å²) in [5.74, 6) is 1.71. The van der Waals surface area contributed by atoms with Crippen LogP contribution in [0.2, 0.25) is 0 Å². The lowest BCUT2D eigenvalue weighted by Crippen LogP contribution is -3.14. The van der Waals surface area contributed by atoms with Crippen LogP contribution in [0.4, 0.5) is 5.69 Å². The Kier molecular flexibility index (Phi) is 7.50. The van der Waals surface area contributed by atoms with Crippen molar-refractivity contribution in [3.63, 3.8) is 0 Å². The number of nitrogens with zero attached hydrogens (tertiary/aromatic N) is 1. The van der Waals surface area contributed by atoms with Gasteiger partial charge in [-0.15, -0.1) is 0 Å². The van der Waals surface area contributed by atoms with Crippen LogP contribution in [0.15, 0.2) is 47.1 Å². The van der Waals surface area contributed by atoms with Crippen molar-refractivity contribution in [2.24, 2.45) is 0 Å². The van der Waals surface area contributed by atoms with Gasteiger partial charge in [0.25, 0.3) is 0 Å². The minimum Gasteiger partial charge on any atom is -0.497 e. The van der Waals surface area contributed by atoms with E-state index in [1.807, 2.05) is 36.4 Å². The van der Waals surface area contributed by atoms with Crippen molar-refractivity contribution in [1.82, 2.24) is 4.90 Å². The SMILES string of the molecule is COc1cccc(NC(=S)N(CCC[NH+]2CCOCC2)Cc2ccco2)c1. The van der Waals surface area contributed by atoms with E-state index in [1.54, 1.807) is 18.3 Å². The molecule has 1 aromatic carbocycles. The van der Waals surface area contributed by atoms with Gasteiger partial charge in [-0.3, -0.25) is 0 Å². The van der Waals surface area contributed by atoms with E-state index in [0.717, 1.165) is 63.0 Å². The molecule has 1 aliphatic rings. The van der Waals surface area contributed by atoms with Crippen LogP contribution in [0.5, 0.6) is 5.75 Å². The smallest absolute Gasteiger partial charge is 0.173 e. The Morgan fingerprint density at radius 2 is 2.11 bits per heavy atom. The molecule has 2 aromatic rings. The van der Waals surface area contributed by atoms with Gasteiger partial charge in [-0.05, 0) is 36.5 Å². The standard InChI is InChI=1S/C20H27N3O3S/c1-24-18-6-2-5-17(15-18)21-20(27)23(16-19-7-3-12-26-19)9-4-8-22-10-13-25-14-11-22/h2-3,5-7,12,15H,4,8-11,13-14,16H2,1H3,(H,21,27)/p+1. The summed E-state index contributed by atoms with van der Waals surface area (Å²) in [6, 6.07) is 11.7. The zero-order valence-corrected chi connectivity index (χ0v) is 16.6. The Morgan fingerprint density at radius 3 is 2.85 bits per heavy atom. The third-order valence-corrected chi connectivity index (χ3v) is 5.05. The van der Waals surface area contributed by atoms with E-state index in [1.165, 1.54) is 0 Å². The number of hydrogen-bond donors (Lipinski definition) is 2. The van der Waals surface area contributed by atoms with Gasteiger partial charge in [-0.1, -0.05) is 6.07 Å². The van der Waals surface area contributed by atoms with Gasteiger partial charge in [0.1, 0.15) is 24.6 Å². The predicted octanol–water partition coefficient (Wildman–Crippen LogP) is 1.79. The van der Waals surface area contributed by atoms with Gasteiger partial charge in [0.15, 0.2) is 5.11 Å². The quantitative estimate of drug-likeness (QED) is 0.671. The molecule has 0 radical (unpaired) electrons. The highest BCUT2D eigenvalue weighted by Crippen LogP contribution is 2.18. The summed E-state index contributed by atoms with van der Waals surface area (Å²) < 4.78 is 16.3. The van der Waals surface area contributed by atoms with Crippen LogP contribution < -0.4 is 15.0 Å². The normalized spacial score (nSPS) is 14.7. The van der Waals surface area contributed by atoms with Gasteiger partial charge in [-0.2, -0.15) is 0 Å². The molecular formula is C20H28N3O3S+. The summed E-state index contributed by atoms with van der Waals surface area (Å²) >= 11 is 5.69. The van der Waals surface area contributed by atoms with Crippen LogP contribution in [0.1, 0.15) is 12.2 Å². The first kappa shape index (κ1) is 19.7. The minimum absolute atomic E-state index is 0.654. The van der Waals surface area contributed by atoms with E-state index >= 15 is 0 Å². The number of ether oxygens (including phenoxy) is 2. The van der Waals surface area contributed by atoms with E-state index in [2.05, 4.69) is 10.2 Å². The first-order chi connectivity index (χ1) is 13.2. The number of hydrogen-bond acceptors (Lipinski definition) is 4. The molecule has 2 N–H and O–H groups in total. The fourth-order valence-electron chi connectivity index (χ4n) is 3.18. The molecule has 146 valence electrons. The Balaban J connectivity index is 1.58. The highest BCUT2D eigenvalue weighted by Gasteiger charge is 2.16. The Hall–Kier alpha value is -2.09. The molecule has 1 fully saturated rings. The number of nitrogens with one attached hydrogen (secondary N) is 2. The third kappa shape index (κ3) is 6.23. The second-order valence-electron chi connectivity index (χ2n) is 6.63. The summed E-state index contributed by atoms with van der Waals surface area (Å²) in [4.78, 5) is 3.76. The van der Waals surface area contributed by atoms with Gasteiger partial charge in [0, 0.05) is 24.7 Å². The maximum absolute atomic E-state index is 5.69. The largest absolute Gasteiger partial charge is 0.497 e. The number of anilines is 1. The average Bonchev–Trinajstić information content (AvgIpc) is 3.21. The molecule has 0 aliphatic carbocycles. The molecular weight excluding hydrogens is 362 g/mol. The summed E-state index contributed by atoms with van der Waals surface area (Å²) in [6.07, 6.45) is 2.76. The van der Waals surface area contributed by atoms with Crippen molar-refractivity contribution in [3.8, 4) is 5.75 Å². The molecule has 0 atom stereocenters. The maximum Gasteiger partial charge on any atom is 0.173 e. The van der Waals surface area contributed by atoms with Crippen molar-refractivity contribution in [2.45, 2.75) is 13.0 Å². The molecule has 7 heteroatoms. The van der Waals surface area contributed by atoms with E-state index in [9.17, 15) is 0 Å². The molecule has 0 amide bonds. The van der Waals surface area contributed by atoms with E-state index in [0.29, 0.717) is 11.7 Å². The number of rotatable bonds is 8. The number of morpholine rings is 1. The van der Waals surface area contributed by atoms with Crippen molar-refractivity contribution >= 4 is 23.0 Å². The zero-order chi connectivity index (χ0) is 18.9. The van der Waals surface area contributed by atoms with Crippen molar-refractivity contribution in [3.05, 3.63) is 48.4 Å². The first-order valence-corrected chi connectivity index (χ1v) is 9.79. The molecule has 1 aromatic heterocycles. The van der Waals surface area contributed by atoms with Gasteiger partial charge < -0.3 is 29.0 Å². The minimum atomic E-state index is 0.654. The molecule has 0 spiro atoms. The second kappa shape index (κ2) is 10.3. The molecule has 0 bridgehead atoms. The summed E-state index contributed by atoms with van der Waals surface area (Å²) in [7, 11) is 1.66. The van der Waals surface area contributed by atoms with Crippen LogP contribution in [0.25, 0.3) is 0 Å². The zero-order valence-electron chi connectivity index (χ0n) is 15.8. The van der Waals surface area contributed by atoms with Crippen LogP contribution >= 0.6 is 12.2 Å². The van der Waals surface area contributed by atoms with Gasteiger partial charge in [-0.25, -0.2) is 0 Å². The van der Waals surface area contributed by atoms with E-state index in [4.69, 9.17) is 26.1 Å². The van der Waals surface area contributed by atoms with Crippen LogP contribution in [-0.4, -0.2) is 56.5 Å². The lowest BCUT2D eigenvalue weighted by molar-refractivity contribution is -0.908. The summed E-state index contributed by atoms with van der Waals surface area (Å²) in [5, 5.41) is 4.02. The van der Waals surface area contributed by atoms with E-state index < -0.39 is 0 Å². The van der Waals surface area contributed by atoms with Crippen LogP contribution in [0, 0.1) is 0 Å². The monoisotopic (exact) mass is 390 g/mol. The summed E-state index contributed by atoms with van der Waals surface area (Å²) in [5.41, 5.74) is 0.919. The molecule has 3 rings (SSSR count). The molecule has 0 unspecified atom stereocenters. The predicted molar refractivity (Wildman–Crippen MR) is 109 cm³/mol. The number of benzene rings is 1. The highest BCUT2D eigenvalue weighted by molar-refractivity contribution is 7.80. The Labute approximate surface area is 166 Å². The number of furan rings is 1. The summed E-state index contributed by atoms with van der Waals surface area (Å²) in [6.45, 7) is 6.56. The average molecular weight is 391 g/mol. The van der Waals surface area contributed by atoms with Crippen molar-refractivity contribution in [1.29, 1.82) is 0 Å². The lowest BCUT2D eigenvalue weighted by atomic mass is 10.3.